The van der Waals surface area contributed by atoms with Crippen LogP contribution in [0.1, 0.15) is 56.5 Å². The molecule has 0 unspecified atom stereocenters. The van der Waals surface area contributed by atoms with E-state index >= 15 is 0 Å². The molecule has 12 aromatic carbocycles. The first-order valence-corrected chi connectivity index (χ1v) is 43.5. The molecule has 134 heavy (non-hydrogen) atoms. The summed E-state index contributed by atoms with van der Waals surface area (Å²) < 4.78 is 0. The molecule has 0 saturated heterocycles. The molecule has 1 aliphatic carbocycles. The number of pyridine rings is 8. The van der Waals surface area contributed by atoms with Crippen molar-refractivity contribution in [1.82, 2.24) is 39.9 Å². The van der Waals surface area contributed by atoms with Crippen molar-refractivity contribution in [3.05, 3.63) is 530 Å². The van der Waals surface area contributed by atoms with E-state index in [1.807, 2.05) is 341 Å². The minimum atomic E-state index is 0. The largest absolute Gasteiger partial charge is 0.305 e. The zero-order chi connectivity index (χ0) is 89.7. The predicted octanol–water partition coefficient (Wildman–Crippen LogP) is 29.7. The number of rotatable bonds is 12. The maximum absolute atomic E-state index is 4.49. The summed E-state index contributed by atoms with van der Waals surface area (Å²) in [5.74, 6) is 0. The Balaban J connectivity index is 0.000000158. The van der Waals surface area contributed by atoms with Crippen molar-refractivity contribution in [1.29, 1.82) is 0 Å². The van der Waals surface area contributed by atoms with Crippen LogP contribution in [-0.2, 0) is 93.3 Å². The number of hydrogen-bond donors (Lipinski definition) is 0. The van der Waals surface area contributed by atoms with Gasteiger partial charge in [0.25, 0.3) is 0 Å². The summed E-state index contributed by atoms with van der Waals surface area (Å²) in [6.07, 6.45) is 18.8. The van der Waals surface area contributed by atoms with E-state index in [0.29, 0.717) is 0 Å². The molecule has 0 spiro atoms. The van der Waals surface area contributed by atoms with Crippen LogP contribution < -0.4 is 0 Å². The summed E-state index contributed by atoms with van der Waals surface area (Å²) in [5.41, 5.74) is 37.5. The Morgan fingerprint density at radius 2 is 0.478 bits per heavy atom. The Bertz CT molecular complexity index is 6150. The molecule has 0 atom stereocenters. The van der Waals surface area contributed by atoms with E-state index in [-0.39, 0.29) is 80.4 Å². The summed E-state index contributed by atoms with van der Waals surface area (Å²) in [5, 5.41) is 0. The second kappa shape index (κ2) is 54.4. The average Bonchev–Trinajstić information content (AvgIpc) is 1.29. The molecule has 21 rings (SSSR count). The molecule has 8 nitrogen and oxygen atoms in total. The van der Waals surface area contributed by atoms with Gasteiger partial charge in [0.2, 0.25) is 0 Å². The van der Waals surface area contributed by atoms with Crippen LogP contribution in [0.5, 0.6) is 0 Å². The molecule has 0 fully saturated rings. The number of aromatic nitrogens is 8. The first kappa shape index (κ1) is 103. The average molecular weight is 2450 g/mol. The second-order valence-electron chi connectivity index (χ2n) is 30.9. The van der Waals surface area contributed by atoms with Crippen LogP contribution >= 0.6 is 0 Å². The molecule has 4 radical (unpaired) electrons. The third kappa shape index (κ3) is 30.0. The van der Waals surface area contributed by atoms with Gasteiger partial charge in [-0.05, 0) is 205 Å². The number of hydrogen-bond acceptors (Lipinski definition) is 8. The van der Waals surface area contributed by atoms with Gasteiger partial charge in [-0.3, -0.25) is 0 Å². The minimum Gasteiger partial charge on any atom is -0.305 e. The summed E-state index contributed by atoms with van der Waals surface area (Å²) in [6.45, 7) is 14.7. The van der Waals surface area contributed by atoms with Crippen molar-refractivity contribution in [3.63, 3.8) is 0 Å². The van der Waals surface area contributed by atoms with Gasteiger partial charge in [-0.2, -0.15) is 0 Å². The number of nitrogens with zero attached hydrogens (tertiary/aromatic N) is 8. The van der Waals surface area contributed by atoms with Crippen LogP contribution in [0.3, 0.4) is 0 Å². The van der Waals surface area contributed by atoms with Crippen molar-refractivity contribution in [3.8, 4) is 135 Å². The zero-order valence-corrected chi connectivity index (χ0v) is 85.1. The standard InChI is InChI=1S/4C17H12N.C14H12N.C14H14N.2C13H12N.4Ir/c4*1-3-7-14(8-4-1)16-11-12-18-17(13-16)15-9-5-2-6-10-15;1-2-5-11(6-3-1)14-9-12-7-4-8-13(12)10-15-14;1-10-9-15-14(12(3)11(10)2)13-7-5-4-6-8-13;1-10-8-11(2)13(14-9-10)12-6-4-3-5-7-12;1-10-8-9-14-13(11(10)2)12-6-4-3-5-7-12;;;;/h4*1-9,11-13H;1-3,5,9-10H,4,7-8H2;4-7,9H,1-3H3;2*3-6,8-9H,1-2H3;;;;/q8*-1;;;;. The Hall–Kier alpha value is -13.6. The fourth-order valence-electron chi connectivity index (χ4n) is 14.5. The Morgan fingerprint density at radius 3 is 0.799 bits per heavy atom. The van der Waals surface area contributed by atoms with E-state index in [4.69, 9.17) is 0 Å². The van der Waals surface area contributed by atoms with Gasteiger partial charge in [0.05, 0.1) is 0 Å². The van der Waals surface area contributed by atoms with Gasteiger partial charge in [0.15, 0.2) is 0 Å². The Labute approximate surface area is 845 Å². The van der Waals surface area contributed by atoms with Crippen molar-refractivity contribution in [2.75, 3.05) is 0 Å². The van der Waals surface area contributed by atoms with Gasteiger partial charge in [-0.25, -0.2) is 0 Å². The molecular weight excluding hydrogens is 2350 g/mol. The molecule has 0 N–H and O–H groups in total. The van der Waals surface area contributed by atoms with E-state index in [1.165, 1.54) is 114 Å². The smallest absolute Gasteiger partial charge is 0.0195 e. The van der Waals surface area contributed by atoms with Gasteiger partial charge < -0.3 is 39.9 Å². The van der Waals surface area contributed by atoms with Crippen molar-refractivity contribution >= 4 is 0 Å². The van der Waals surface area contributed by atoms with Crippen LogP contribution in [0.25, 0.3) is 135 Å². The maximum atomic E-state index is 4.49. The van der Waals surface area contributed by atoms with Crippen molar-refractivity contribution in [2.24, 2.45) is 0 Å². The molecule has 20 aromatic rings. The van der Waals surface area contributed by atoms with E-state index < -0.39 is 0 Å². The SMILES string of the molecule is Cc1ccnc(-c2[c-]cccc2)c1C.Cc1cnc(-c2[c-]cccc2)c(C)c1.Cc1cnc(-c2[c-]cccc2)c(C)c1C.[Ir].[Ir].[Ir].[Ir].[c-]1ccccc1-c1cc(-c2ccccc2)ccn1.[c-]1ccccc1-c1cc(-c2ccccc2)ccn1.[c-]1ccccc1-c1cc(-c2ccccc2)ccn1.[c-]1ccccc1-c1cc(-c2ccccc2)ccn1.[c-]1ccccc1-c1cc2c(cn1)CCC2. The molecule has 0 bridgehead atoms. The molecule has 0 aliphatic heterocycles. The van der Waals surface area contributed by atoms with Gasteiger partial charge in [0.1, 0.15) is 0 Å². The third-order valence-electron chi connectivity index (χ3n) is 21.8. The maximum Gasteiger partial charge on any atom is 0.0195 e. The Kier molecular flexibility index (Phi) is 41.7. The summed E-state index contributed by atoms with van der Waals surface area (Å²) in [4.78, 5) is 35.4. The second-order valence-corrected chi connectivity index (χ2v) is 30.9. The summed E-state index contributed by atoms with van der Waals surface area (Å²) >= 11 is 0. The Morgan fingerprint density at radius 1 is 0.194 bits per heavy atom. The first-order valence-electron chi connectivity index (χ1n) is 43.5. The zero-order valence-electron chi connectivity index (χ0n) is 75.5. The van der Waals surface area contributed by atoms with E-state index in [0.717, 1.165) is 90.1 Å². The van der Waals surface area contributed by atoms with Gasteiger partial charge in [-0.1, -0.05) is 191 Å². The molecule has 1 aliphatic rings. The monoisotopic (exact) mass is 2450 g/mol. The van der Waals surface area contributed by atoms with Gasteiger partial charge >= 0.3 is 0 Å². The normalized spacial score (nSPS) is 10.3. The number of aryl methyl sites for hydroxylation is 6. The van der Waals surface area contributed by atoms with Crippen LogP contribution in [0.4, 0.5) is 0 Å². The third-order valence-corrected chi connectivity index (χ3v) is 21.8. The van der Waals surface area contributed by atoms with Crippen LogP contribution in [0.2, 0.25) is 0 Å². The fourth-order valence-corrected chi connectivity index (χ4v) is 14.5. The molecule has 670 valence electrons. The van der Waals surface area contributed by atoms with Crippen molar-refractivity contribution < 1.29 is 80.4 Å². The number of fused-ring (bicyclic) bond motifs is 1. The van der Waals surface area contributed by atoms with Gasteiger partial charge in [-0.15, -0.1) is 287 Å². The molecule has 0 amide bonds. The van der Waals surface area contributed by atoms with E-state index in [9.17, 15) is 0 Å². The molecule has 0 saturated carbocycles. The van der Waals surface area contributed by atoms with Gasteiger partial charge in [0, 0.05) is 130 Å². The van der Waals surface area contributed by atoms with E-state index in [1.54, 1.807) is 0 Å². The number of benzene rings is 12. The predicted molar refractivity (Wildman–Crippen MR) is 535 cm³/mol. The van der Waals surface area contributed by atoms with Crippen LogP contribution in [0, 0.1) is 97.0 Å². The fraction of sp³-hybridized carbons (Fsp3) is 0.0820. The first-order chi connectivity index (χ1) is 63.9. The van der Waals surface area contributed by atoms with E-state index in [2.05, 4.69) is 228 Å². The van der Waals surface area contributed by atoms with Crippen molar-refractivity contribution in [2.45, 2.75) is 67.7 Å². The summed E-state index contributed by atoms with van der Waals surface area (Å²) in [7, 11) is 0. The molecule has 12 heteroatoms. The quantitative estimate of drug-likeness (QED) is 0.111. The topological polar surface area (TPSA) is 103 Å². The van der Waals surface area contributed by atoms with Crippen LogP contribution in [0.15, 0.2) is 432 Å². The molecule has 8 heterocycles. The van der Waals surface area contributed by atoms with Crippen LogP contribution in [-0.4, -0.2) is 39.9 Å². The summed E-state index contributed by atoms with van der Waals surface area (Å²) in [6, 6.07) is 153. The molecule has 8 aromatic heterocycles. The molecular formula is C122H98Ir4N8-8. The minimum absolute atomic E-state index is 0.